The third kappa shape index (κ3) is 11.0. The van der Waals surface area contributed by atoms with Gasteiger partial charge in [0.15, 0.2) is 0 Å². The van der Waals surface area contributed by atoms with Crippen LogP contribution in [0.3, 0.4) is 0 Å². The Kier molecular flexibility index (Phi) is 12.0. The van der Waals surface area contributed by atoms with Crippen molar-refractivity contribution in [3.63, 3.8) is 0 Å². The normalized spacial score (nSPS) is 12.0. The van der Waals surface area contributed by atoms with E-state index in [9.17, 15) is 19.5 Å². The number of aliphatic hydroxyl groups excluding tert-OH is 2. The third-order valence-corrected chi connectivity index (χ3v) is 5.29. The Labute approximate surface area is 249 Å². The van der Waals surface area contributed by atoms with Gasteiger partial charge in [0.2, 0.25) is 35.7 Å². The van der Waals surface area contributed by atoms with Gasteiger partial charge in [0.25, 0.3) is 0 Å². The van der Waals surface area contributed by atoms with Crippen LogP contribution in [0.25, 0.3) is 0 Å². The summed E-state index contributed by atoms with van der Waals surface area (Å²) in [6.07, 6.45) is -0.890. The van der Waals surface area contributed by atoms with Crippen molar-refractivity contribution in [1.82, 2.24) is 29.9 Å². The van der Waals surface area contributed by atoms with Crippen molar-refractivity contribution in [2.45, 2.75) is 31.8 Å². The number of carbonyl (C=O) groups is 3. The molecule has 20 heteroatoms. The first-order valence-electron chi connectivity index (χ1n) is 13.1. The van der Waals surface area contributed by atoms with Crippen molar-refractivity contribution in [3.8, 4) is 0 Å². The number of aliphatic hydroxyl groups is 2. The Hall–Kier alpha value is -5.63. The summed E-state index contributed by atoms with van der Waals surface area (Å²) in [5, 5.41) is 62.5. The van der Waals surface area contributed by atoms with Crippen molar-refractivity contribution >= 4 is 65.0 Å². The molecule has 2 aromatic heterocycles. The van der Waals surface area contributed by atoms with E-state index < -0.39 is 36.4 Å². The minimum absolute atomic E-state index is 0.000616. The van der Waals surface area contributed by atoms with Crippen LogP contribution in [-0.4, -0.2) is 112 Å². The molecule has 3 rings (SSSR count). The highest BCUT2D eigenvalue weighted by Gasteiger charge is 2.22. The lowest BCUT2D eigenvalue weighted by molar-refractivity contribution is -0.144. The zero-order valence-electron chi connectivity index (χ0n) is 23.4. The van der Waals surface area contributed by atoms with Crippen LogP contribution in [0.1, 0.15) is 19.8 Å². The number of rotatable bonds is 19. The van der Waals surface area contributed by atoms with Gasteiger partial charge in [-0.05, 0) is 31.2 Å². The van der Waals surface area contributed by atoms with Crippen LogP contribution in [0, 0.1) is 0 Å². The fraction of sp³-hybridized carbons (Fsp3) is 0.375. The molecule has 0 aliphatic rings. The van der Waals surface area contributed by atoms with Crippen molar-refractivity contribution < 1.29 is 39.9 Å². The van der Waals surface area contributed by atoms with Crippen LogP contribution in [0.4, 0.5) is 47.1 Å². The Morgan fingerprint density at radius 1 is 0.636 bits per heavy atom. The minimum Gasteiger partial charge on any atom is -0.481 e. The van der Waals surface area contributed by atoms with Gasteiger partial charge < -0.3 is 57.4 Å². The van der Waals surface area contributed by atoms with E-state index in [1.807, 2.05) is 0 Å². The van der Waals surface area contributed by atoms with Gasteiger partial charge in [-0.3, -0.25) is 9.59 Å². The first-order valence-corrected chi connectivity index (χ1v) is 13.1. The minimum atomic E-state index is -1.51. The average molecular weight is 617 g/mol. The molecule has 0 amide bonds. The second-order valence-corrected chi connectivity index (χ2v) is 9.02. The van der Waals surface area contributed by atoms with Gasteiger partial charge in [0, 0.05) is 30.5 Å². The molecule has 20 nitrogen and oxygen atoms in total. The number of aliphatic carboxylic acids is 3. The summed E-state index contributed by atoms with van der Waals surface area (Å²) in [6.45, 7) is 1.53. The summed E-state index contributed by atoms with van der Waals surface area (Å²) in [4.78, 5) is 58.6. The van der Waals surface area contributed by atoms with Crippen LogP contribution >= 0.6 is 0 Å². The number of benzene rings is 1. The lowest BCUT2D eigenvalue weighted by atomic mass is 10.2. The predicted molar refractivity (Wildman–Crippen MR) is 156 cm³/mol. The summed E-state index contributed by atoms with van der Waals surface area (Å²) in [6, 6.07) is 4.67. The standard InChI is InChI=1S/C24H32N12O8/c1-12(10-16(39)40)27-21-31-19(25-6-8-37)32-22(35-21)28-13-2-4-14(5-3-13)29-23-33-20(26-7-9-38)34-24(36-23)30-15(18(43)44)11-17(41)42/h2-5,12,15,37-38H,6-11H2,1H3,(H,39,40)(H,41,42)(H,43,44)(H3,25,27,28,31,32,35)(H3,26,29,30,33,34,36). The van der Waals surface area contributed by atoms with E-state index in [0.29, 0.717) is 11.4 Å². The molecule has 0 aliphatic heterocycles. The largest absolute Gasteiger partial charge is 0.481 e. The molecule has 0 saturated carbocycles. The quantitative estimate of drug-likeness (QED) is 0.0842. The van der Waals surface area contributed by atoms with Gasteiger partial charge in [-0.2, -0.15) is 29.9 Å². The zero-order chi connectivity index (χ0) is 32.1. The molecule has 0 spiro atoms. The first kappa shape index (κ1) is 32.9. The number of hydrogen-bond acceptors (Lipinski definition) is 17. The molecule has 0 bridgehead atoms. The topological polar surface area (TPSA) is 302 Å². The monoisotopic (exact) mass is 616 g/mol. The number of anilines is 8. The number of carboxylic acid groups (broad SMARTS) is 3. The van der Waals surface area contributed by atoms with Gasteiger partial charge in [-0.25, -0.2) is 4.79 Å². The van der Waals surface area contributed by atoms with Crippen molar-refractivity contribution in [1.29, 1.82) is 0 Å². The molecular weight excluding hydrogens is 584 g/mol. The second-order valence-electron chi connectivity index (χ2n) is 9.02. The van der Waals surface area contributed by atoms with Crippen molar-refractivity contribution in [2.24, 2.45) is 0 Å². The van der Waals surface area contributed by atoms with Gasteiger partial charge in [-0.1, -0.05) is 0 Å². The summed E-state index contributed by atoms with van der Waals surface area (Å²) >= 11 is 0. The SMILES string of the molecule is CC(CC(=O)O)Nc1nc(NCCO)nc(Nc2ccc(Nc3nc(NCCO)nc(NC(CC(=O)O)C(=O)O)n3)cc2)n1. The molecule has 44 heavy (non-hydrogen) atoms. The fourth-order valence-electron chi connectivity index (χ4n) is 3.45. The molecule has 2 unspecified atom stereocenters. The third-order valence-electron chi connectivity index (χ3n) is 5.29. The summed E-state index contributed by atoms with van der Waals surface area (Å²) < 4.78 is 0. The molecule has 0 radical (unpaired) electrons. The van der Waals surface area contributed by atoms with Crippen LogP contribution in [0.2, 0.25) is 0 Å². The Balaban J connectivity index is 1.78. The lowest BCUT2D eigenvalue weighted by Gasteiger charge is -2.15. The number of nitrogens with one attached hydrogen (secondary N) is 6. The van der Waals surface area contributed by atoms with Crippen LogP contribution in [0.15, 0.2) is 24.3 Å². The molecule has 11 N–H and O–H groups in total. The van der Waals surface area contributed by atoms with E-state index in [-0.39, 0.29) is 68.4 Å². The molecule has 2 heterocycles. The Morgan fingerprint density at radius 2 is 1.05 bits per heavy atom. The molecule has 0 aliphatic carbocycles. The van der Waals surface area contributed by atoms with E-state index in [2.05, 4.69) is 61.8 Å². The number of nitrogens with zero attached hydrogens (tertiary/aromatic N) is 6. The van der Waals surface area contributed by atoms with Gasteiger partial charge in [0.1, 0.15) is 6.04 Å². The number of hydrogen-bond donors (Lipinski definition) is 11. The van der Waals surface area contributed by atoms with Crippen molar-refractivity contribution in [2.75, 3.05) is 58.2 Å². The molecule has 2 atom stereocenters. The van der Waals surface area contributed by atoms with Crippen LogP contribution in [-0.2, 0) is 14.4 Å². The zero-order valence-corrected chi connectivity index (χ0v) is 23.4. The van der Waals surface area contributed by atoms with Crippen molar-refractivity contribution in [3.05, 3.63) is 24.3 Å². The smallest absolute Gasteiger partial charge is 0.326 e. The number of aromatic nitrogens is 6. The lowest BCUT2D eigenvalue weighted by Crippen LogP contribution is -2.32. The highest BCUT2D eigenvalue weighted by Crippen LogP contribution is 2.21. The molecule has 236 valence electrons. The van der Waals surface area contributed by atoms with Gasteiger partial charge in [0.05, 0.1) is 26.1 Å². The first-order chi connectivity index (χ1) is 21.0. The Bertz CT molecular complexity index is 1430. The molecule has 3 aromatic rings. The summed E-state index contributed by atoms with van der Waals surface area (Å²) in [7, 11) is 0. The van der Waals surface area contributed by atoms with E-state index in [4.69, 9.17) is 20.4 Å². The molecule has 0 saturated heterocycles. The highest BCUT2D eigenvalue weighted by molar-refractivity contribution is 5.83. The van der Waals surface area contributed by atoms with E-state index in [0.717, 1.165) is 0 Å². The van der Waals surface area contributed by atoms with Crippen LogP contribution < -0.4 is 31.9 Å². The van der Waals surface area contributed by atoms with E-state index in [1.54, 1.807) is 31.2 Å². The van der Waals surface area contributed by atoms with E-state index in [1.165, 1.54) is 0 Å². The average Bonchev–Trinajstić information content (AvgIpc) is 2.94. The second kappa shape index (κ2) is 16.1. The maximum absolute atomic E-state index is 11.5. The molecule has 1 aromatic carbocycles. The summed E-state index contributed by atoms with van der Waals surface area (Å²) in [5.74, 6) is -3.56. The molecule has 0 fully saturated rings. The fourth-order valence-corrected chi connectivity index (χ4v) is 3.45. The van der Waals surface area contributed by atoms with E-state index >= 15 is 0 Å². The maximum Gasteiger partial charge on any atom is 0.326 e. The van der Waals surface area contributed by atoms with Gasteiger partial charge in [-0.15, -0.1) is 0 Å². The molecular formula is C24H32N12O8. The van der Waals surface area contributed by atoms with Gasteiger partial charge >= 0.3 is 17.9 Å². The maximum atomic E-state index is 11.5. The highest BCUT2D eigenvalue weighted by atomic mass is 16.4. The number of carboxylic acids is 3. The predicted octanol–water partition coefficient (Wildman–Crippen LogP) is -0.0329. The van der Waals surface area contributed by atoms with Crippen LogP contribution in [0.5, 0.6) is 0 Å². The Morgan fingerprint density at radius 3 is 1.45 bits per heavy atom. The summed E-state index contributed by atoms with van der Waals surface area (Å²) in [5.41, 5.74) is 1.06.